The van der Waals surface area contributed by atoms with Crippen molar-refractivity contribution in [3.63, 3.8) is 0 Å². The highest BCUT2D eigenvalue weighted by Gasteiger charge is 2.28. The minimum Gasteiger partial charge on any atom is -0.346 e. The maximum absolute atomic E-state index is 13.7. The average Bonchev–Trinajstić information content (AvgIpc) is 2.97. The molecule has 3 aromatic carbocycles. The molecule has 0 bridgehead atoms. The number of fused-ring (bicyclic) bond motifs is 2. The van der Waals surface area contributed by atoms with Crippen LogP contribution in [-0.4, -0.2) is 38.0 Å². The van der Waals surface area contributed by atoms with Gasteiger partial charge in [0.15, 0.2) is 0 Å². The molecule has 1 heterocycles. The van der Waals surface area contributed by atoms with Gasteiger partial charge in [-0.25, -0.2) is 0 Å². The summed E-state index contributed by atoms with van der Waals surface area (Å²) in [6.07, 6.45) is 0. The first-order valence-corrected chi connectivity index (χ1v) is 12.8. The van der Waals surface area contributed by atoms with E-state index in [2.05, 4.69) is 19.2 Å². The van der Waals surface area contributed by atoms with Crippen LogP contribution in [-0.2, 0) is 6.54 Å². The SMILES string of the molecule is CC[NH+](CC)CCNC(=O)c1ccc2c(c1)N(Cc1ccccc1Cl)C(=O)c1ccccc1S2. The second kappa shape index (κ2) is 11.1. The number of amides is 2. The van der Waals surface area contributed by atoms with Crippen molar-refractivity contribution in [3.8, 4) is 0 Å². The Morgan fingerprint density at radius 1 is 1.00 bits per heavy atom. The van der Waals surface area contributed by atoms with Gasteiger partial charge in [0.25, 0.3) is 11.8 Å². The zero-order valence-electron chi connectivity index (χ0n) is 19.4. The van der Waals surface area contributed by atoms with Gasteiger partial charge in [0.1, 0.15) is 0 Å². The second-order valence-corrected chi connectivity index (χ2v) is 9.72. The Balaban J connectivity index is 1.67. The van der Waals surface area contributed by atoms with Crippen LogP contribution in [0.5, 0.6) is 0 Å². The summed E-state index contributed by atoms with van der Waals surface area (Å²) in [5.74, 6) is -0.240. The summed E-state index contributed by atoms with van der Waals surface area (Å²) in [4.78, 5) is 31.6. The number of quaternary nitrogens is 1. The third-order valence-corrected chi connectivity index (χ3v) is 7.65. The molecule has 0 fully saturated rings. The minimum absolute atomic E-state index is 0.107. The number of carbonyl (C=O) groups excluding carboxylic acids is 2. The van der Waals surface area contributed by atoms with Gasteiger partial charge < -0.3 is 15.1 Å². The number of benzene rings is 3. The summed E-state index contributed by atoms with van der Waals surface area (Å²) >= 11 is 7.98. The van der Waals surface area contributed by atoms with E-state index in [4.69, 9.17) is 11.6 Å². The second-order valence-electron chi connectivity index (χ2n) is 8.23. The topological polar surface area (TPSA) is 53.9 Å². The van der Waals surface area contributed by atoms with Crippen molar-refractivity contribution in [3.05, 3.63) is 88.4 Å². The molecule has 34 heavy (non-hydrogen) atoms. The molecule has 3 aromatic rings. The summed E-state index contributed by atoms with van der Waals surface area (Å²) in [7, 11) is 0. The van der Waals surface area contributed by atoms with Crippen molar-refractivity contribution in [2.75, 3.05) is 31.1 Å². The number of rotatable bonds is 8. The Hall–Kier alpha value is -2.80. The number of anilines is 1. The highest BCUT2D eigenvalue weighted by atomic mass is 35.5. The Kier molecular flexibility index (Phi) is 7.93. The van der Waals surface area contributed by atoms with Crippen LogP contribution < -0.4 is 15.1 Å². The van der Waals surface area contributed by atoms with Crippen molar-refractivity contribution >= 4 is 40.9 Å². The van der Waals surface area contributed by atoms with Crippen molar-refractivity contribution in [2.45, 2.75) is 30.2 Å². The molecule has 2 N–H and O–H groups in total. The maximum atomic E-state index is 13.7. The molecule has 1 aliphatic rings. The fraction of sp³-hybridized carbons (Fsp3) is 0.259. The fourth-order valence-electron chi connectivity index (χ4n) is 4.07. The van der Waals surface area contributed by atoms with Crippen LogP contribution in [0.15, 0.2) is 76.5 Å². The number of hydrogen-bond acceptors (Lipinski definition) is 3. The first-order chi connectivity index (χ1) is 16.5. The third kappa shape index (κ3) is 5.30. The van der Waals surface area contributed by atoms with E-state index in [9.17, 15) is 9.59 Å². The number of hydrogen-bond donors (Lipinski definition) is 2. The minimum atomic E-state index is -0.133. The lowest BCUT2D eigenvalue weighted by molar-refractivity contribution is -0.895. The first kappa shape index (κ1) is 24.3. The predicted molar refractivity (Wildman–Crippen MR) is 138 cm³/mol. The van der Waals surface area contributed by atoms with Gasteiger partial charge in [-0.3, -0.25) is 9.59 Å². The highest BCUT2D eigenvalue weighted by Crippen LogP contribution is 2.42. The smallest absolute Gasteiger partial charge is 0.259 e. The van der Waals surface area contributed by atoms with Gasteiger partial charge in [-0.05, 0) is 55.8 Å². The molecular formula is C27H29ClN3O2S+. The van der Waals surface area contributed by atoms with Crippen molar-refractivity contribution < 1.29 is 14.5 Å². The van der Waals surface area contributed by atoms with Crippen LogP contribution in [0.3, 0.4) is 0 Å². The van der Waals surface area contributed by atoms with Crippen molar-refractivity contribution in [1.29, 1.82) is 0 Å². The van der Waals surface area contributed by atoms with E-state index < -0.39 is 0 Å². The van der Waals surface area contributed by atoms with Crippen molar-refractivity contribution in [1.82, 2.24) is 5.32 Å². The van der Waals surface area contributed by atoms with Crippen LogP contribution in [0.1, 0.15) is 40.1 Å². The average molecular weight is 495 g/mol. The Morgan fingerprint density at radius 2 is 1.74 bits per heavy atom. The van der Waals surface area contributed by atoms with Crippen LogP contribution in [0.4, 0.5) is 5.69 Å². The molecule has 0 saturated heterocycles. The van der Waals surface area contributed by atoms with E-state index in [0.29, 0.717) is 34.9 Å². The van der Waals surface area contributed by atoms with Crippen LogP contribution in [0, 0.1) is 0 Å². The van der Waals surface area contributed by atoms with E-state index in [-0.39, 0.29) is 11.8 Å². The number of nitrogens with zero attached hydrogens (tertiary/aromatic N) is 1. The molecule has 1 aliphatic heterocycles. The molecule has 5 nitrogen and oxygen atoms in total. The van der Waals surface area contributed by atoms with Gasteiger partial charge >= 0.3 is 0 Å². The number of halogens is 1. The highest BCUT2D eigenvalue weighted by molar-refractivity contribution is 7.99. The molecule has 0 atom stereocenters. The largest absolute Gasteiger partial charge is 0.346 e. The third-order valence-electron chi connectivity index (χ3n) is 6.14. The summed E-state index contributed by atoms with van der Waals surface area (Å²) < 4.78 is 0. The van der Waals surface area contributed by atoms with Gasteiger partial charge in [-0.15, -0.1) is 0 Å². The molecule has 7 heteroatoms. The van der Waals surface area contributed by atoms with Crippen molar-refractivity contribution in [2.24, 2.45) is 0 Å². The Morgan fingerprint density at radius 3 is 2.50 bits per heavy atom. The van der Waals surface area contributed by atoms with E-state index in [1.807, 2.05) is 66.7 Å². The van der Waals surface area contributed by atoms with Gasteiger partial charge in [0, 0.05) is 20.4 Å². The lowest BCUT2D eigenvalue weighted by Crippen LogP contribution is -3.12. The number of nitrogens with one attached hydrogen (secondary N) is 2. The van der Waals surface area contributed by atoms with Crippen LogP contribution in [0.2, 0.25) is 5.02 Å². The monoisotopic (exact) mass is 494 g/mol. The maximum Gasteiger partial charge on any atom is 0.259 e. The molecule has 0 aromatic heterocycles. The van der Waals surface area contributed by atoms with E-state index in [1.165, 1.54) is 4.90 Å². The molecule has 0 aliphatic carbocycles. The Labute approximate surface area is 210 Å². The van der Waals surface area contributed by atoms with E-state index in [1.54, 1.807) is 16.7 Å². The van der Waals surface area contributed by atoms with Gasteiger partial charge in [-0.2, -0.15) is 0 Å². The molecular weight excluding hydrogens is 466 g/mol. The quantitative estimate of drug-likeness (QED) is 0.490. The van der Waals surface area contributed by atoms with Gasteiger partial charge in [-0.1, -0.05) is 53.7 Å². The molecule has 0 saturated carbocycles. The molecule has 0 unspecified atom stereocenters. The molecule has 0 spiro atoms. The first-order valence-electron chi connectivity index (χ1n) is 11.6. The summed E-state index contributed by atoms with van der Waals surface area (Å²) in [5.41, 5.74) is 2.75. The van der Waals surface area contributed by atoms with Crippen LogP contribution >= 0.6 is 23.4 Å². The molecule has 2 amide bonds. The lowest BCUT2D eigenvalue weighted by atomic mass is 10.1. The van der Waals surface area contributed by atoms with E-state index >= 15 is 0 Å². The normalized spacial score (nSPS) is 12.8. The summed E-state index contributed by atoms with van der Waals surface area (Å²) in [6.45, 7) is 8.16. The summed E-state index contributed by atoms with van der Waals surface area (Å²) in [6, 6.07) is 20.7. The van der Waals surface area contributed by atoms with Gasteiger partial charge in [0.05, 0.1) is 44.0 Å². The lowest BCUT2D eigenvalue weighted by Gasteiger charge is -2.24. The number of carbonyl (C=O) groups is 2. The summed E-state index contributed by atoms with van der Waals surface area (Å²) in [5, 5.41) is 3.64. The molecule has 0 radical (unpaired) electrons. The van der Waals surface area contributed by atoms with Gasteiger partial charge in [0.2, 0.25) is 0 Å². The van der Waals surface area contributed by atoms with Crippen LogP contribution in [0.25, 0.3) is 0 Å². The van der Waals surface area contributed by atoms with E-state index in [0.717, 1.165) is 35.0 Å². The Bertz CT molecular complexity index is 1200. The molecule has 4 rings (SSSR count). The zero-order valence-corrected chi connectivity index (χ0v) is 21.0. The molecule has 176 valence electrons. The number of likely N-dealkylation sites (N-methyl/N-ethyl adjacent to an activating group) is 1. The predicted octanol–water partition coefficient (Wildman–Crippen LogP) is 4.31. The fourth-order valence-corrected chi connectivity index (χ4v) is 5.33. The standard InChI is InChI=1S/C27H28ClN3O2S/c1-3-30(4-2)16-15-29-26(32)19-13-14-25-23(17-19)31(18-20-9-5-7-11-22(20)28)27(33)21-10-6-8-12-24(21)34-25/h5-14,17H,3-4,15-16,18H2,1-2H3,(H,29,32)/p+1. The zero-order chi connectivity index (χ0) is 24.1.